The number of carbonyl (C=O) groups is 5. The van der Waals surface area contributed by atoms with Crippen LogP contribution < -0.4 is 16.0 Å². The second kappa shape index (κ2) is 14.9. The summed E-state index contributed by atoms with van der Waals surface area (Å²) in [7, 11) is 0. The van der Waals surface area contributed by atoms with Crippen LogP contribution in [0.2, 0.25) is 0 Å². The number of nitrogens with one attached hydrogen (secondary N) is 3. The van der Waals surface area contributed by atoms with Crippen LogP contribution in [0.25, 0.3) is 0 Å². The molecule has 192 valence electrons. The Morgan fingerprint density at radius 2 is 1.25 bits per heavy atom. The maximum absolute atomic E-state index is 12.1. The molecule has 0 saturated heterocycles. The van der Waals surface area contributed by atoms with Gasteiger partial charge in [-0.25, -0.2) is 4.79 Å². The molecular weight excluding hydrogens is 466 g/mol. The molecule has 2 aromatic carbocycles. The van der Waals surface area contributed by atoms with Crippen molar-refractivity contribution in [1.29, 1.82) is 0 Å². The number of carbonyl (C=O) groups excluding carboxylic acids is 5. The number of benzene rings is 2. The van der Waals surface area contributed by atoms with Crippen molar-refractivity contribution in [3.63, 3.8) is 0 Å². The van der Waals surface area contributed by atoms with E-state index in [2.05, 4.69) is 16.0 Å². The average molecular weight is 498 g/mol. The lowest BCUT2D eigenvalue weighted by atomic mass is 10.2. The minimum absolute atomic E-state index is 0.0192. The number of ether oxygens (including phenoxy) is 2. The molecule has 3 N–H and O–H groups in total. The van der Waals surface area contributed by atoms with Gasteiger partial charge >= 0.3 is 11.9 Å². The van der Waals surface area contributed by atoms with Crippen molar-refractivity contribution in [3.05, 3.63) is 54.1 Å². The van der Waals surface area contributed by atoms with E-state index in [4.69, 9.17) is 9.47 Å². The first-order valence-corrected chi connectivity index (χ1v) is 11.7. The first-order valence-electron chi connectivity index (χ1n) is 11.7. The molecule has 0 bridgehead atoms. The van der Waals surface area contributed by atoms with Crippen molar-refractivity contribution in [2.75, 3.05) is 29.2 Å². The van der Waals surface area contributed by atoms with Gasteiger partial charge in [0, 0.05) is 36.8 Å². The van der Waals surface area contributed by atoms with E-state index in [9.17, 15) is 24.0 Å². The monoisotopic (exact) mass is 497 g/mol. The third-order valence-electron chi connectivity index (χ3n) is 4.77. The van der Waals surface area contributed by atoms with Crippen molar-refractivity contribution in [1.82, 2.24) is 0 Å². The Kier molecular flexibility index (Phi) is 11.6. The van der Waals surface area contributed by atoms with Crippen LogP contribution in [0.5, 0.6) is 0 Å². The molecule has 10 nitrogen and oxygen atoms in total. The van der Waals surface area contributed by atoms with Gasteiger partial charge in [-0.1, -0.05) is 13.3 Å². The number of esters is 2. The van der Waals surface area contributed by atoms with Gasteiger partial charge in [0.1, 0.15) is 0 Å². The molecule has 0 unspecified atom stereocenters. The fourth-order valence-electron chi connectivity index (χ4n) is 2.95. The molecule has 0 aliphatic heterocycles. The van der Waals surface area contributed by atoms with Crippen LogP contribution in [0, 0.1) is 0 Å². The van der Waals surface area contributed by atoms with Gasteiger partial charge in [-0.15, -0.1) is 0 Å². The zero-order valence-corrected chi connectivity index (χ0v) is 20.4. The third-order valence-corrected chi connectivity index (χ3v) is 4.77. The summed E-state index contributed by atoms with van der Waals surface area (Å²) in [6.45, 7) is 3.32. The van der Waals surface area contributed by atoms with Gasteiger partial charge in [0.05, 0.1) is 12.2 Å². The summed E-state index contributed by atoms with van der Waals surface area (Å²) >= 11 is 0. The van der Waals surface area contributed by atoms with Crippen LogP contribution >= 0.6 is 0 Å². The summed E-state index contributed by atoms with van der Waals surface area (Å²) in [5.74, 6) is -2.00. The van der Waals surface area contributed by atoms with Crippen molar-refractivity contribution in [2.45, 2.75) is 46.0 Å². The predicted octanol–water partition coefficient (Wildman–Crippen LogP) is 3.89. The van der Waals surface area contributed by atoms with Gasteiger partial charge in [0.15, 0.2) is 6.61 Å². The van der Waals surface area contributed by atoms with Crippen LogP contribution in [-0.2, 0) is 28.7 Å². The molecule has 0 aromatic heterocycles. The summed E-state index contributed by atoms with van der Waals surface area (Å²) < 4.78 is 10.1. The lowest BCUT2D eigenvalue weighted by molar-refractivity contribution is -0.147. The van der Waals surface area contributed by atoms with Gasteiger partial charge in [-0.3, -0.25) is 19.2 Å². The van der Waals surface area contributed by atoms with Crippen LogP contribution in [0.4, 0.5) is 17.1 Å². The van der Waals surface area contributed by atoms with E-state index in [-0.39, 0.29) is 31.1 Å². The molecule has 2 rings (SSSR count). The van der Waals surface area contributed by atoms with E-state index in [0.717, 1.165) is 12.8 Å². The highest BCUT2D eigenvalue weighted by Crippen LogP contribution is 2.14. The number of amides is 3. The molecule has 0 atom stereocenters. The predicted molar refractivity (Wildman–Crippen MR) is 134 cm³/mol. The number of rotatable bonds is 13. The Balaban J connectivity index is 1.63. The second-order valence-electron chi connectivity index (χ2n) is 7.94. The van der Waals surface area contributed by atoms with E-state index >= 15 is 0 Å². The number of hydrogen-bond donors (Lipinski definition) is 3. The van der Waals surface area contributed by atoms with Crippen molar-refractivity contribution < 1.29 is 33.4 Å². The van der Waals surface area contributed by atoms with Crippen LogP contribution in [0.15, 0.2) is 48.5 Å². The molecular formula is C26H31N3O7. The van der Waals surface area contributed by atoms with E-state index in [1.165, 1.54) is 6.92 Å². The van der Waals surface area contributed by atoms with E-state index < -0.39 is 24.5 Å². The van der Waals surface area contributed by atoms with Crippen LogP contribution in [-0.4, -0.2) is 42.9 Å². The maximum atomic E-state index is 12.1. The maximum Gasteiger partial charge on any atom is 0.338 e. The third kappa shape index (κ3) is 10.8. The number of hydrogen-bond acceptors (Lipinski definition) is 7. The van der Waals surface area contributed by atoms with Crippen LogP contribution in [0.1, 0.15) is 56.3 Å². The summed E-state index contributed by atoms with van der Waals surface area (Å²) in [5.41, 5.74) is 2.01. The fraction of sp³-hybridized carbons (Fsp3) is 0.346. The van der Waals surface area contributed by atoms with E-state index in [1.54, 1.807) is 48.5 Å². The van der Waals surface area contributed by atoms with Crippen LogP contribution in [0.3, 0.4) is 0 Å². The van der Waals surface area contributed by atoms with Gasteiger partial charge in [-0.05, 0) is 61.4 Å². The van der Waals surface area contributed by atoms with Crippen molar-refractivity contribution >= 4 is 46.7 Å². The molecule has 36 heavy (non-hydrogen) atoms. The first kappa shape index (κ1) is 28.0. The number of unbranched alkanes of at least 4 members (excludes halogenated alkanes) is 1. The highest BCUT2D eigenvalue weighted by Gasteiger charge is 2.11. The van der Waals surface area contributed by atoms with Gasteiger partial charge < -0.3 is 25.4 Å². The van der Waals surface area contributed by atoms with E-state index in [1.807, 2.05) is 6.92 Å². The average Bonchev–Trinajstić information content (AvgIpc) is 2.84. The van der Waals surface area contributed by atoms with E-state index in [0.29, 0.717) is 29.2 Å². The Morgan fingerprint density at radius 3 is 1.83 bits per heavy atom. The van der Waals surface area contributed by atoms with Crippen molar-refractivity contribution in [3.8, 4) is 0 Å². The number of anilines is 3. The molecule has 0 saturated carbocycles. The molecule has 0 aliphatic carbocycles. The zero-order chi connectivity index (χ0) is 26.3. The summed E-state index contributed by atoms with van der Waals surface area (Å²) in [6.07, 6.45) is 2.05. The Hall–Kier alpha value is -4.21. The molecule has 0 radical (unpaired) electrons. The Labute approximate surface area is 209 Å². The lowest BCUT2D eigenvalue weighted by Gasteiger charge is -2.08. The van der Waals surface area contributed by atoms with Gasteiger partial charge in [0.25, 0.3) is 5.91 Å². The fourth-order valence-corrected chi connectivity index (χ4v) is 2.95. The molecule has 2 aromatic rings. The zero-order valence-electron chi connectivity index (χ0n) is 20.4. The van der Waals surface area contributed by atoms with Gasteiger partial charge in [0.2, 0.25) is 11.8 Å². The molecule has 0 fully saturated rings. The standard InChI is InChI=1S/C26H31N3O7/c1-3-4-16-35-26(34)19-8-10-21(11-9-19)28-23(31)6-5-7-25(33)36-17-24(32)29-22-14-12-20(13-15-22)27-18(2)30/h8-15H,3-7,16-17H2,1-2H3,(H,27,30)(H,28,31)(H,29,32). The molecule has 3 amide bonds. The topological polar surface area (TPSA) is 140 Å². The Bertz CT molecular complexity index is 1050. The molecule has 10 heteroatoms. The van der Waals surface area contributed by atoms with Crippen molar-refractivity contribution in [2.24, 2.45) is 0 Å². The summed E-state index contributed by atoms with van der Waals surface area (Å²) in [4.78, 5) is 58.8. The lowest BCUT2D eigenvalue weighted by Crippen LogP contribution is -2.21. The quantitative estimate of drug-likeness (QED) is 0.282. The largest absolute Gasteiger partial charge is 0.462 e. The second-order valence-corrected chi connectivity index (χ2v) is 7.94. The Morgan fingerprint density at radius 1 is 0.694 bits per heavy atom. The highest BCUT2D eigenvalue weighted by molar-refractivity contribution is 5.94. The summed E-state index contributed by atoms with van der Waals surface area (Å²) in [6, 6.07) is 12.8. The minimum atomic E-state index is -0.593. The highest BCUT2D eigenvalue weighted by atomic mass is 16.5. The molecule has 0 spiro atoms. The normalized spacial score (nSPS) is 10.2. The van der Waals surface area contributed by atoms with Gasteiger partial charge in [-0.2, -0.15) is 0 Å². The first-order chi connectivity index (χ1) is 17.3. The minimum Gasteiger partial charge on any atom is -0.462 e. The molecule has 0 aliphatic rings. The molecule has 0 heterocycles. The smallest absolute Gasteiger partial charge is 0.338 e. The summed E-state index contributed by atoms with van der Waals surface area (Å²) in [5, 5.41) is 7.89. The SMILES string of the molecule is CCCCOC(=O)c1ccc(NC(=O)CCCC(=O)OCC(=O)Nc2ccc(NC(C)=O)cc2)cc1.